The summed E-state index contributed by atoms with van der Waals surface area (Å²) in [5, 5.41) is 11.3. The number of nitro groups is 1. The molecule has 2 aromatic carbocycles. The largest absolute Gasteiger partial charge is 0.302 e. The molecule has 0 aliphatic carbocycles. The Morgan fingerprint density at radius 1 is 1.32 bits per heavy atom. The molecule has 0 aromatic heterocycles. The number of carbonyl (C=O) groups excluding carboxylic acids is 1. The van der Waals surface area contributed by atoms with Crippen LogP contribution in [0, 0.1) is 17.0 Å². The zero-order valence-corrected chi connectivity index (χ0v) is 13.5. The lowest BCUT2D eigenvalue weighted by molar-refractivity contribution is -0.384. The first kappa shape index (κ1) is 14.7. The van der Waals surface area contributed by atoms with Gasteiger partial charge in [0.2, 0.25) is 0 Å². The average molecular weight is 361 g/mol. The van der Waals surface area contributed by atoms with Gasteiger partial charge in [0.05, 0.1) is 4.92 Å². The van der Waals surface area contributed by atoms with Gasteiger partial charge in [-0.1, -0.05) is 34.1 Å². The minimum atomic E-state index is -0.437. The van der Waals surface area contributed by atoms with E-state index in [-0.39, 0.29) is 11.6 Å². The van der Waals surface area contributed by atoms with Crippen molar-refractivity contribution in [1.82, 2.24) is 0 Å². The first-order valence-corrected chi connectivity index (χ1v) is 7.62. The Morgan fingerprint density at radius 2 is 2.05 bits per heavy atom. The van der Waals surface area contributed by atoms with Crippen LogP contribution in [0.4, 0.5) is 11.4 Å². The summed E-state index contributed by atoms with van der Waals surface area (Å²) in [6, 6.07) is 10.6. The molecular formula is C16H13BrN2O3. The number of rotatable bonds is 2. The number of amides is 1. The summed E-state index contributed by atoms with van der Waals surface area (Å²) < 4.78 is 0.656. The third-order valence-electron chi connectivity index (χ3n) is 3.83. The number of nitro benzene ring substituents is 1. The predicted octanol–water partition coefficient (Wildman–Crippen LogP) is 3.87. The summed E-state index contributed by atoms with van der Waals surface area (Å²) >= 11 is 3.29. The van der Waals surface area contributed by atoms with Crippen LogP contribution in [0.1, 0.15) is 21.5 Å². The van der Waals surface area contributed by atoms with Gasteiger partial charge in [0.25, 0.3) is 11.6 Å². The Morgan fingerprint density at radius 3 is 2.73 bits per heavy atom. The summed E-state index contributed by atoms with van der Waals surface area (Å²) in [7, 11) is 0. The normalized spacial score (nSPS) is 13.1. The topological polar surface area (TPSA) is 63.5 Å². The lowest BCUT2D eigenvalue weighted by Gasteiger charge is -2.18. The first-order valence-electron chi connectivity index (χ1n) is 6.83. The Kier molecular flexibility index (Phi) is 3.70. The van der Waals surface area contributed by atoms with E-state index in [0.29, 0.717) is 28.7 Å². The fourth-order valence-electron chi connectivity index (χ4n) is 2.79. The van der Waals surface area contributed by atoms with Crippen LogP contribution in [-0.2, 0) is 6.42 Å². The molecule has 1 amide bonds. The number of benzene rings is 2. The SMILES string of the molecule is Cc1ccccc1C(=O)N1CCc2cc(Br)cc([N+](=O)[O-])c21. The molecule has 112 valence electrons. The molecule has 0 bridgehead atoms. The Bertz CT molecular complexity index is 789. The Hall–Kier alpha value is -2.21. The summed E-state index contributed by atoms with van der Waals surface area (Å²) in [5.74, 6) is -0.192. The van der Waals surface area contributed by atoms with Gasteiger partial charge in [-0.3, -0.25) is 14.9 Å². The fourth-order valence-corrected chi connectivity index (χ4v) is 3.28. The Labute approximate surface area is 135 Å². The average Bonchev–Trinajstić information content (AvgIpc) is 2.89. The fraction of sp³-hybridized carbons (Fsp3) is 0.188. The van der Waals surface area contributed by atoms with E-state index in [0.717, 1.165) is 11.1 Å². The standard InChI is InChI=1S/C16H13BrN2O3/c1-10-4-2-3-5-13(10)16(20)18-7-6-11-8-12(17)9-14(15(11)18)19(21)22/h2-5,8-9H,6-7H2,1H3. The van der Waals surface area contributed by atoms with Crippen molar-refractivity contribution in [1.29, 1.82) is 0 Å². The number of hydrogen-bond acceptors (Lipinski definition) is 3. The molecule has 0 atom stereocenters. The van der Waals surface area contributed by atoms with Crippen molar-refractivity contribution in [2.24, 2.45) is 0 Å². The minimum Gasteiger partial charge on any atom is -0.302 e. The van der Waals surface area contributed by atoms with Crippen molar-refractivity contribution >= 4 is 33.2 Å². The number of nitrogens with zero attached hydrogens (tertiary/aromatic N) is 2. The molecule has 5 nitrogen and oxygen atoms in total. The molecule has 0 unspecified atom stereocenters. The van der Waals surface area contributed by atoms with E-state index in [9.17, 15) is 14.9 Å². The number of carbonyl (C=O) groups is 1. The molecule has 0 spiro atoms. The van der Waals surface area contributed by atoms with Gasteiger partial charge in [0.15, 0.2) is 0 Å². The van der Waals surface area contributed by atoms with Crippen LogP contribution in [0.25, 0.3) is 0 Å². The second-order valence-electron chi connectivity index (χ2n) is 5.21. The van der Waals surface area contributed by atoms with Crippen molar-refractivity contribution in [3.05, 3.63) is 67.7 Å². The maximum absolute atomic E-state index is 12.8. The zero-order valence-electron chi connectivity index (χ0n) is 11.9. The van der Waals surface area contributed by atoms with Gasteiger partial charge in [-0.15, -0.1) is 0 Å². The molecule has 2 aromatic rings. The van der Waals surface area contributed by atoms with Gasteiger partial charge in [-0.25, -0.2) is 0 Å². The van der Waals surface area contributed by atoms with Crippen molar-refractivity contribution in [2.45, 2.75) is 13.3 Å². The van der Waals surface area contributed by atoms with Crippen LogP contribution in [0.2, 0.25) is 0 Å². The van der Waals surface area contributed by atoms with E-state index < -0.39 is 4.92 Å². The maximum Gasteiger partial charge on any atom is 0.294 e. The quantitative estimate of drug-likeness (QED) is 0.603. The number of hydrogen-bond donors (Lipinski definition) is 0. The second-order valence-corrected chi connectivity index (χ2v) is 6.13. The predicted molar refractivity (Wildman–Crippen MR) is 87.4 cm³/mol. The lowest BCUT2D eigenvalue weighted by atomic mass is 10.1. The molecule has 0 N–H and O–H groups in total. The van der Waals surface area contributed by atoms with Crippen LogP contribution < -0.4 is 4.90 Å². The second kappa shape index (κ2) is 5.53. The van der Waals surface area contributed by atoms with E-state index in [1.807, 2.05) is 25.1 Å². The molecule has 1 aliphatic rings. The highest BCUT2D eigenvalue weighted by Crippen LogP contribution is 2.40. The van der Waals surface area contributed by atoms with E-state index >= 15 is 0 Å². The highest BCUT2D eigenvalue weighted by Gasteiger charge is 2.33. The van der Waals surface area contributed by atoms with Crippen LogP contribution in [0.5, 0.6) is 0 Å². The van der Waals surface area contributed by atoms with Crippen molar-refractivity contribution in [3.8, 4) is 0 Å². The van der Waals surface area contributed by atoms with Crippen LogP contribution in [-0.4, -0.2) is 17.4 Å². The minimum absolute atomic E-state index is 0.0381. The van der Waals surface area contributed by atoms with Crippen LogP contribution in [0.15, 0.2) is 40.9 Å². The number of halogens is 1. The van der Waals surface area contributed by atoms with E-state index in [1.54, 1.807) is 12.1 Å². The highest BCUT2D eigenvalue weighted by molar-refractivity contribution is 9.10. The van der Waals surface area contributed by atoms with Crippen molar-refractivity contribution in [3.63, 3.8) is 0 Å². The molecular weight excluding hydrogens is 348 g/mol. The monoisotopic (exact) mass is 360 g/mol. The molecule has 0 radical (unpaired) electrons. The van der Waals surface area contributed by atoms with E-state index in [4.69, 9.17) is 0 Å². The molecule has 3 rings (SSSR count). The van der Waals surface area contributed by atoms with Gasteiger partial charge in [-0.05, 0) is 36.6 Å². The van der Waals surface area contributed by atoms with E-state index in [1.165, 1.54) is 11.0 Å². The number of fused-ring (bicyclic) bond motifs is 1. The summed E-state index contributed by atoms with van der Waals surface area (Å²) in [6.07, 6.45) is 0.618. The van der Waals surface area contributed by atoms with Crippen molar-refractivity contribution in [2.75, 3.05) is 11.4 Å². The third kappa shape index (κ3) is 2.39. The lowest BCUT2D eigenvalue weighted by Crippen LogP contribution is -2.30. The smallest absolute Gasteiger partial charge is 0.294 e. The molecule has 1 heterocycles. The molecule has 0 saturated carbocycles. The zero-order chi connectivity index (χ0) is 15.9. The van der Waals surface area contributed by atoms with E-state index in [2.05, 4.69) is 15.9 Å². The summed E-state index contributed by atoms with van der Waals surface area (Å²) in [5.41, 5.74) is 2.64. The number of aryl methyl sites for hydroxylation is 1. The van der Waals surface area contributed by atoms with Gasteiger partial charge in [-0.2, -0.15) is 0 Å². The molecule has 0 saturated heterocycles. The third-order valence-corrected chi connectivity index (χ3v) is 4.28. The molecule has 0 fully saturated rings. The van der Waals surface area contributed by atoms with Gasteiger partial charge < -0.3 is 4.90 Å². The van der Waals surface area contributed by atoms with Gasteiger partial charge >= 0.3 is 0 Å². The van der Waals surface area contributed by atoms with Gasteiger partial charge in [0, 0.05) is 22.6 Å². The molecule has 22 heavy (non-hydrogen) atoms. The Balaban J connectivity index is 2.10. The molecule has 1 aliphatic heterocycles. The highest BCUT2D eigenvalue weighted by atomic mass is 79.9. The first-order chi connectivity index (χ1) is 10.5. The maximum atomic E-state index is 12.8. The van der Waals surface area contributed by atoms with Gasteiger partial charge in [0.1, 0.15) is 5.69 Å². The summed E-state index contributed by atoms with van der Waals surface area (Å²) in [4.78, 5) is 25.2. The summed E-state index contributed by atoms with van der Waals surface area (Å²) in [6.45, 7) is 2.32. The molecule has 6 heteroatoms. The van der Waals surface area contributed by atoms with Crippen LogP contribution >= 0.6 is 15.9 Å². The number of anilines is 1. The van der Waals surface area contributed by atoms with Crippen LogP contribution in [0.3, 0.4) is 0 Å². The van der Waals surface area contributed by atoms with Crippen molar-refractivity contribution < 1.29 is 9.72 Å².